The summed E-state index contributed by atoms with van der Waals surface area (Å²) in [6.07, 6.45) is 1.64. The summed E-state index contributed by atoms with van der Waals surface area (Å²) < 4.78 is 16.4. The smallest absolute Gasteiger partial charge is 0.225 e. The molecule has 0 bridgehead atoms. The summed E-state index contributed by atoms with van der Waals surface area (Å²) in [6, 6.07) is 9.49. The second kappa shape index (κ2) is 6.67. The second-order valence-electron chi connectivity index (χ2n) is 5.64. The first-order chi connectivity index (χ1) is 11.8. The minimum atomic E-state index is 0.174. The Morgan fingerprint density at radius 1 is 1.21 bits per heavy atom. The van der Waals surface area contributed by atoms with Crippen LogP contribution in [0.1, 0.15) is 5.76 Å². The van der Waals surface area contributed by atoms with Gasteiger partial charge >= 0.3 is 0 Å². The van der Waals surface area contributed by atoms with Gasteiger partial charge in [-0.25, -0.2) is 9.97 Å². The number of nitrogens with zero attached hydrogens (tertiary/aromatic N) is 2. The van der Waals surface area contributed by atoms with E-state index in [-0.39, 0.29) is 5.28 Å². The summed E-state index contributed by atoms with van der Waals surface area (Å²) in [5.41, 5.74) is 0.694. The molecule has 6 nitrogen and oxygen atoms in total. The van der Waals surface area contributed by atoms with E-state index in [2.05, 4.69) is 15.3 Å². The third-order valence-corrected chi connectivity index (χ3v) is 4.02. The van der Waals surface area contributed by atoms with E-state index < -0.39 is 0 Å². The molecule has 1 aromatic carbocycles. The van der Waals surface area contributed by atoms with Crippen molar-refractivity contribution >= 4 is 28.3 Å². The van der Waals surface area contributed by atoms with Gasteiger partial charge in [0.15, 0.2) is 0 Å². The lowest BCUT2D eigenvalue weighted by atomic mass is 10.1. The van der Waals surface area contributed by atoms with Crippen LogP contribution in [0.25, 0.3) is 10.9 Å². The minimum Gasteiger partial charge on any atom is -0.491 e. The molecular weight excluding hydrogens is 330 g/mol. The molecule has 0 amide bonds. The van der Waals surface area contributed by atoms with Gasteiger partial charge in [-0.05, 0) is 35.9 Å². The number of halogens is 1. The van der Waals surface area contributed by atoms with E-state index in [1.807, 2.05) is 30.3 Å². The summed E-state index contributed by atoms with van der Waals surface area (Å²) in [5, 5.41) is 4.27. The monoisotopic (exact) mass is 345 g/mol. The van der Waals surface area contributed by atoms with E-state index in [4.69, 9.17) is 25.5 Å². The molecule has 1 N–H and O–H groups in total. The summed E-state index contributed by atoms with van der Waals surface area (Å²) in [5.74, 6) is 2.60. The van der Waals surface area contributed by atoms with Crippen LogP contribution in [-0.2, 0) is 11.3 Å². The topological polar surface area (TPSA) is 69.4 Å². The summed E-state index contributed by atoms with van der Waals surface area (Å²) in [6.45, 7) is 2.61. The van der Waals surface area contributed by atoms with Crippen LogP contribution in [0.2, 0.25) is 5.28 Å². The van der Waals surface area contributed by atoms with Crippen molar-refractivity contribution in [2.75, 3.05) is 25.1 Å². The normalized spacial score (nSPS) is 14.5. The number of ether oxygens (including phenoxy) is 2. The molecule has 1 fully saturated rings. The molecule has 0 aliphatic carbocycles. The highest BCUT2D eigenvalue weighted by Gasteiger charge is 2.20. The van der Waals surface area contributed by atoms with Crippen LogP contribution in [0.15, 0.2) is 41.0 Å². The average molecular weight is 346 g/mol. The maximum Gasteiger partial charge on any atom is 0.225 e. The molecule has 0 spiro atoms. The molecule has 1 aliphatic rings. The molecule has 124 valence electrons. The summed E-state index contributed by atoms with van der Waals surface area (Å²) in [4.78, 5) is 8.63. The van der Waals surface area contributed by atoms with Gasteiger partial charge in [0.25, 0.3) is 0 Å². The van der Waals surface area contributed by atoms with Gasteiger partial charge in [0.2, 0.25) is 5.28 Å². The van der Waals surface area contributed by atoms with Crippen molar-refractivity contribution in [3.63, 3.8) is 0 Å². The Balaban J connectivity index is 1.61. The third-order valence-electron chi connectivity index (χ3n) is 3.85. The van der Waals surface area contributed by atoms with Gasteiger partial charge in [-0.15, -0.1) is 0 Å². The Morgan fingerprint density at radius 2 is 2.12 bits per heavy atom. The highest BCUT2D eigenvalue weighted by molar-refractivity contribution is 6.29. The van der Waals surface area contributed by atoms with E-state index in [1.165, 1.54) is 0 Å². The number of benzene rings is 1. The van der Waals surface area contributed by atoms with Crippen molar-refractivity contribution in [2.45, 2.75) is 6.54 Å². The molecule has 1 aliphatic heterocycles. The average Bonchev–Trinajstić information content (AvgIpc) is 3.05. The van der Waals surface area contributed by atoms with Gasteiger partial charge in [-0.1, -0.05) is 6.07 Å². The van der Waals surface area contributed by atoms with Crippen LogP contribution in [0, 0.1) is 5.92 Å². The molecule has 0 unspecified atom stereocenters. The van der Waals surface area contributed by atoms with Crippen molar-refractivity contribution < 1.29 is 13.9 Å². The number of hydrogen-bond acceptors (Lipinski definition) is 6. The van der Waals surface area contributed by atoms with Gasteiger partial charge in [0.1, 0.15) is 22.8 Å². The molecule has 2 aromatic heterocycles. The molecule has 0 radical (unpaired) electrons. The lowest BCUT2D eigenvalue weighted by Crippen LogP contribution is -2.32. The highest BCUT2D eigenvalue weighted by Crippen LogP contribution is 2.30. The van der Waals surface area contributed by atoms with Crippen LogP contribution >= 0.6 is 11.6 Å². The number of fused-ring (bicyclic) bond motifs is 1. The molecule has 3 aromatic rings. The van der Waals surface area contributed by atoms with Crippen molar-refractivity contribution in [2.24, 2.45) is 5.92 Å². The standard InChI is InChI=1S/C17H16ClN3O3/c18-17-20-15-13(16(21-17)19-7-12-3-2-6-23-12)4-1-5-14(15)24-10-11-8-22-9-11/h1-6,11H,7-10H2,(H,19,20,21). The Kier molecular flexibility index (Phi) is 4.23. The summed E-state index contributed by atoms with van der Waals surface area (Å²) >= 11 is 6.10. The molecule has 24 heavy (non-hydrogen) atoms. The fourth-order valence-electron chi connectivity index (χ4n) is 2.52. The number of rotatable bonds is 6. The molecule has 0 saturated carbocycles. The quantitative estimate of drug-likeness (QED) is 0.689. The van der Waals surface area contributed by atoms with Gasteiger partial charge in [-0.3, -0.25) is 0 Å². The van der Waals surface area contributed by atoms with Crippen LogP contribution < -0.4 is 10.1 Å². The highest BCUT2D eigenvalue weighted by atomic mass is 35.5. The number of aromatic nitrogens is 2. The largest absolute Gasteiger partial charge is 0.491 e. The van der Waals surface area contributed by atoms with Gasteiger partial charge in [0, 0.05) is 11.3 Å². The van der Waals surface area contributed by atoms with Crippen molar-refractivity contribution in [1.29, 1.82) is 0 Å². The number of hydrogen-bond donors (Lipinski definition) is 1. The Hall–Kier alpha value is -2.31. The van der Waals surface area contributed by atoms with Crippen molar-refractivity contribution in [3.8, 4) is 5.75 Å². The SMILES string of the molecule is Clc1nc(NCc2ccco2)c2cccc(OCC3COC3)c2n1. The maximum absolute atomic E-state index is 6.10. The van der Waals surface area contributed by atoms with Gasteiger partial charge in [0.05, 0.1) is 32.6 Å². The number of anilines is 1. The zero-order valence-electron chi connectivity index (χ0n) is 12.9. The van der Waals surface area contributed by atoms with Gasteiger partial charge in [-0.2, -0.15) is 0 Å². The molecular formula is C17H16ClN3O3. The molecule has 7 heteroatoms. The summed E-state index contributed by atoms with van der Waals surface area (Å²) in [7, 11) is 0. The molecule has 1 saturated heterocycles. The van der Waals surface area contributed by atoms with Crippen molar-refractivity contribution in [1.82, 2.24) is 9.97 Å². The van der Waals surface area contributed by atoms with E-state index in [0.717, 1.165) is 24.4 Å². The maximum atomic E-state index is 6.10. The Bertz CT molecular complexity index is 834. The van der Waals surface area contributed by atoms with Crippen LogP contribution in [0.5, 0.6) is 5.75 Å². The predicted octanol–water partition coefficient (Wildman–Crippen LogP) is 3.51. The van der Waals surface area contributed by atoms with E-state index in [9.17, 15) is 0 Å². The lowest BCUT2D eigenvalue weighted by molar-refractivity contribution is -0.0506. The molecule has 4 rings (SSSR count). The van der Waals surface area contributed by atoms with Crippen LogP contribution in [-0.4, -0.2) is 29.8 Å². The first-order valence-electron chi connectivity index (χ1n) is 7.72. The fraction of sp³-hybridized carbons (Fsp3) is 0.294. The first-order valence-corrected chi connectivity index (χ1v) is 8.10. The number of nitrogens with one attached hydrogen (secondary N) is 1. The zero-order valence-corrected chi connectivity index (χ0v) is 13.6. The number of furan rings is 1. The van der Waals surface area contributed by atoms with E-state index in [1.54, 1.807) is 6.26 Å². The van der Waals surface area contributed by atoms with Crippen molar-refractivity contribution in [3.05, 3.63) is 47.6 Å². The Morgan fingerprint density at radius 3 is 2.88 bits per heavy atom. The fourth-order valence-corrected chi connectivity index (χ4v) is 2.69. The predicted molar refractivity (Wildman–Crippen MR) is 90.4 cm³/mol. The second-order valence-corrected chi connectivity index (χ2v) is 5.98. The first kappa shape index (κ1) is 15.2. The third kappa shape index (κ3) is 3.16. The van der Waals surface area contributed by atoms with E-state index in [0.29, 0.717) is 36.2 Å². The Labute approximate surface area is 143 Å². The molecule has 3 heterocycles. The van der Waals surface area contributed by atoms with Crippen LogP contribution in [0.4, 0.5) is 5.82 Å². The minimum absolute atomic E-state index is 0.174. The van der Waals surface area contributed by atoms with E-state index >= 15 is 0 Å². The zero-order chi connectivity index (χ0) is 16.4. The number of para-hydroxylation sites is 1. The molecule has 0 atom stereocenters. The lowest BCUT2D eigenvalue weighted by Gasteiger charge is -2.25. The van der Waals surface area contributed by atoms with Crippen LogP contribution in [0.3, 0.4) is 0 Å². The van der Waals surface area contributed by atoms with Gasteiger partial charge < -0.3 is 19.2 Å².